The third-order valence-corrected chi connectivity index (χ3v) is 5.60. The van der Waals surface area contributed by atoms with Crippen LogP contribution < -0.4 is 5.73 Å². The lowest BCUT2D eigenvalue weighted by Gasteiger charge is -2.22. The summed E-state index contributed by atoms with van der Waals surface area (Å²) < 4.78 is 39.8. The maximum atomic E-state index is 13.3. The SMILES string of the molecule is CC(CC(=O)N1C[C@@H](CN)[C@H](c2ccccc2)C1)c1ccccc1C(F)(F)F. The molecular weight excluding hydrogens is 365 g/mol. The van der Waals surface area contributed by atoms with Crippen LogP contribution in [0, 0.1) is 5.92 Å². The van der Waals surface area contributed by atoms with Crippen molar-refractivity contribution in [1.29, 1.82) is 0 Å². The van der Waals surface area contributed by atoms with E-state index in [1.807, 2.05) is 30.3 Å². The molecule has 1 saturated heterocycles. The molecule has 0 spiro atoms. The van der Waals surface area contributed by atoms with Gasteiger partial charge in [0.15, 0.2) is 0 Å². The van der Waals surface area contributed by atoms with Crippen LogP contribution in [-0.4, -0.2) is 30.4 Å². The smallest absolute Gasteiger partial charge is 0.342 e. The van der Waals surface area contributed by atoms with Crippen molar-refractivity contribution in [3.63, 3.8) is 0 Å². The Bertz CT molecular complexity index is 807. The van der Waals surface area contributed by atoms with Crippen molar-refractivity contribution < 1.29 is 18.0 Å². The maximum absolute atomic E-state index is 13.3. The van der Waals surface area contributed by atoms with Gasteiger partial charge in [-0.05, 0) is 35.6 Å². The Hall–Kier alpha value is -2.34. The standard InChI is InChI=1S/C22H25F3N2O/c1-15(18-9-5-6-10-20(18)22(23,24)25)11-21(28)27-13-17(12-26)19(14-27)16-7-3-2-4-8-16/h2-10,15,17,19H,11-14,26H2,1H3/t15?,17-,19+/m1/s1. The summed E-state index contributed by atoms with van der Waals surface area (Å²) in [6.45, 7) is 3.24. The van der Waals surface area contributed by atoms with Gasteiger partial charge >= 0.3 is 6.18 Å². The number of nitrogens with zero attached hydrogens (tertiary/aromatic N) is 1. The number of amides is 1. The van der Waals surface area contributed by atoms with Crippen LogP contribution in [0.15, 0.2) is 54.6 Å². The quantitative estimate of drug-likeness (QED) is 0.823. The minimum Gasteiger partial charge on any atom is -0.342 e. The maximum Gasteiger partial charge on any atom is 0.416 e. The summed E-state index contributed by atoms with van der Waals surface area (Å²) in [6.07, 6.45) is -4.38. The molecule has 1 heterocycles. The summed E-state index contributed by atoms with van der Waals surface area (Å²) in [5.74, 6) is -0.323. The van der Waals surface area contributed by atoms with Crippen molar-refractivity contribution in [2.24, 2.45) is 11.7 Å². The molecule has 0 radical (unpaired) electrons. The van der Waals surface area contributed by atoms with Gasteiger partial charge in [0, 0.05) is 25.4 Å². The Balaban J connectivity index is 1.72. The van der Waals surface area contributed by atoms with Crippen molar-refractivity contribution in [2.75, 3.05) is 19.6 Å². The number of likely N-dealkylation sites (tertiary alicyclic amines) is 1. The molecule has 1 aliphatic rings. The van der Waals surface area contributed by atoms with Crippen LogP contribution in [0.5, 0.6) is 0 Å². The lowest BCUT2D eigenvalue weighted by atomic mass is 9.89. The predicted molar refractivity (Wildman–Crippen MR) is 103 cm³/mol. The molecule has 2 aromatic carbocycles. The number of halogens is 3. The van der Waals surface area contributed by atoms with Gasteiger partial charge in [0.2, 0.25) is 5.91 Å². The zero-order valence-corrected chi connectivity index (χ0v) is 15.8. The molecule has 0 aliphatic carbocycles. The number of rotatable bonds is 5. The van der Waals surface area contributed by atoms with Crippen LogP contribution in [0.25, 0.3) is 0 Å². The highest BCUT2D eigenvalue weighted by atomic mass is 19.4. The van der Waals surface area contributed by atoms with E-state index in [9.17, 15) is 18.0 Å². The topological polar surface area (TPSA) is 46.3 Å². The van der Waals surface area contributed by atoms with E-state index in [0.717, 1.165) is 11.6 Å². The van der Waals surface area contributed by atoms with Crippen LogP contribution in [0.2, 0.25) is 0 Å². The van der Waals surface area contributed by atoms with E-state index in [0.29, 0.717) is 19.6 Å². The Labute approximate surface area is 163 Å². The first-order chi connectivity index (χ1) is 13.3. The van der Waals surface area contributed by atoms with Gasteiger partial charge in [-0.3, -0.25) is 4.79 Å². The first kappa shape index (κ1) is 20.4. The van der Waals surface area contributed by atoms with Crippen LogP contribution in [0.4, 0.5) is 13.2 Å². The largest absolute Gasteiger partial charge is 0.416 e. The van der Waals surface area contributed by atoms with Crippen molar-refractivity contribution in [3.8, 4) is 0 Å². The zero-order chi connectivity index (χ0) is 20.3. The summed E-state index contributed by atoms with van der Waals surface area (Å²) in [6, 6.07) is 15.4. The van der Waals surface area contributed by atoms with Crippen LogP contribution in [0.3, 0.4) is 0 Å². The van der Waals surface area contributed by atoms with Crippen molar-refractivity contribution in [1.82, 2.24) is 4.90 Å². The molecule has 1 aliphatic heterocycles. The van der Waals surface area contributed by atoms with Gasteiger partial charge in [-0.15, -0.1) is 0 Å². The predicted octanol–water partition coefficient (Wildman–Crippen LogP) is 4.40. The van der Waals surface area contributed by atoms with Gasteiger partial charge in [-0.2, -0.15) is 13.2 Å². The molecule has 1 amide bonds. The molecule has 0 bridgehead atoms. The molecule has 3 atom stereocenters. The van der Waals surface area contributed by atoms with Crippen molar-refractivity contribution in [2.45, 2.75) is 31.4 Å². The van der Waals surface area contributed by atoms with E-state index < -0.39 is 17.7 Å². The number of alkyl halides is 3. The number of hydrogen-bond donors (Lipinski definition) is 1. The Morgan fingerprint density at radius 3 is 2.39 bits per heavy atom. The highest BCUT2D eigenvalue weighted by molar-refractivity contribution is 5.77. The summed E-state index contributed by atoms with van der Waals surface area (Å²) in [5, 5.41) is 0. The lowest BCUT2D eigenvalue weighted by molar-refractivity contribution is -0.139. The van der Waals surface area contributed by atoms with E-state index in [4.69, 9.17) is 5.73 Å². The second kappa shape index (κ2) is 8.35. The average molecular weight is 390 g/mol. The van der Waals surface area contributed by atoms with Crippen LogP contribution >= 0.6 is 0 Å². The highest BCUT2D eigenvalue weighted by Crippen LogP contribution is 2.37. The van der Waals surface area contributed by atoms with Gasteiger partial charge in [-0.1, -0.05) is 55.5 Å². The number of benzene rings is 2. The Kier molecular flexibility index (Phi) is 6.08. The second-order valence-electron chi connectivity index (χ2n) is 7.50. The summed E-state index contributed by atoms with van der Waals surface area (Å²) in [5.41, 5.74) is 6.56. The number of hydrogen-bond acceptors (Lipinski definition) is 2. The minimum atomic E-state index is -4.43. The molecule has 2 N–H and O–H groups in total. The molecule has 3 rings (SSSR count). The van der Waals surface area contributed by atoms with Crippen molar-refractivity contribution in [3.05, 3.63) is 71.3 Å². The first-order valence-corrected chi connectivity index (χ1v) is 9.50. The van der Waals surface area contributed by atoms with Gasteiger partial charge < -0.3 is 10.6 Å². The fraction of sp³-hybridized carbons (Fsp3) is 0.409. The molecule has 0 saturated carbocycles. The third kappa shape index (κ3) is 4.38. The average Bonchev–Trinajstić information content (AvgIpc) is 3.12. The fourth-order valence-electron chi connectivity index (χ4n) is 4.08. The highest BCUT2D eigenvalue weighted by Gasteiger charge is 2.37. The second-order valence-corrected chi connectivity index (χ2v) is 7.50. The number of carbonyl (C=O) groups is 1. The molecular formula is C22H25F3N2O. The summed E-state index contributed by atoms with van der Waals surface area (Å²) in [4.78, 5) is 14.6. The van der Waals surface area contributed by atoms with E-state index in [1.54, 1.807) is 17.9 Å². The molecule has 150 valence electrons. The number of carbonyl (C=O) groups excluding carboxylic acids is 1. The third-order valence-electron chi connectivity index (χ3n) is 5.60. The Morgan fingerprint density at radius 1 is 1.11 bits per heavy atom. The molecule has 1 fully saturated rings. The molecule has 3 nitrogen and oxygen atoms in total. The van der Waals surface area contributed by atoms with E-state index in [-0.39, 0.29) is 29.7 Å². The van der Waals surface area contributed by atoms with Gasteiger partial charge in [-0.25, -0.2) is 0 Å². The van der Waals surface area contributed by atoms with Crippen molar-refractivity contribution >= 4 is 5.91 Å². The summed E-state index contributed by atoms with van der Waals surface area (Å²) in [7, 11) is 0. The minimum absolute atomic E-state index is 0.0475. The van der Waals surface area contributed by atoms with E-state index in [2.05, 4.69) is 0 Å². The molecule has 1 unspecified atom stereocenters. The molecule has 0 aromatic heterocycles. The first-order valence-electron chi connectivity index (χ1n) is 9.50. The zero-order valence-electron chi connectivity index (χ0n) is 15.8. The van der Waals surface area contributed by atoms with Gasteiger partial charge in [0.25, 0.3) is 0 Å². The Morgan fingerprint density at radius 2 is 1.75 bits per heavy atom. The van der Waals surface area contributed by atoms with Crippen LogP contribution in [0.1, 0.15) is 41.9 Å². The van der Waals surface area contributed by atoms with Crippen LogP contribution in [-0.2, 0) is 11.0 Å². The normalized spacial score (nSPS) is 21.0. The van der Waals surface area contributed by atoms with Gasteiger partial charge in [0.05, 0.1) is 5.56 Å². The van der Waals surface area contributed by atoms with E-state index in [1.165, 1.54) is 12.1 Å². The fourth-order valence-corrected chi connectivity index (χ4v) is 4.08. The molecule has 6 heteroatoms. The van der Waals surface area contributed by atoms with E-state index >= 15 is 0 Å². The number of nitrogens with two attached hydrogens (primary N) is 1. The van der Waals surface area contributed by atoms with Gasteiger partial charge in [0.1, 0.15) is 0 Å². The molecule has 2 aromatic rings. The lowest BCUT2D eigenvalue weighted by Crippen LogP contribution is -2.30. The molecule has 28 heavy (non-hydrogen) atoms. The monoisotopic (exact) mass is 390 g/mol. The summed E-state index contributed by atoms with van der Waals surface area (Å²) >= 11 is 0.